The third-order valence-corrected chi connectivity index (χ3v) is 3.97. The summed E-state index contributed by atoms with van der Waals surface area (Å²) in [7, 11) is 1.42. The highest BCUT2D eigenvalue weighted by Crippen LogP contribution is 2.33. The molecule has 1 aliphatic rings. The summed E-state index contributed by atoms with van der Waals surface area (Å²) >= 11 is 0. The van der Waals surface area contributed by atoms with Crippen LogP contribution < -0.4 is 0 Å². The highest BCUT2D eigenvalue weighted by molar-refractivity contribution is 5.91. The summed E-state index contributed by atoms with van der Waals surface area (Å²) in [6.07, 6.45) is 3.31. The first-order chi connectivity index (χ1) is 9.69. The molecule has 102 valence electrons. The SMILES string of the molecule is COC(=O)c1ccc2c(c1)-c1ccc(C)cc1CCC2. The van der Waals surface area contributed by atoms with Crippen molar-refractivity contribution in [1.29, 1.82) is 0 Å². The van der Waals surface area contributed by atoms with Gasteiger partial charge in [0.05, 0.1) is 12.7 Å². The van der Waals surface area contributed by atoms with Crippen LogP contribution in [0.4, 0.5) is 0 Å². The molecule has 0 bridgehead atoms. The van der Waals surface area contributed by atoms with E-state index in [0.717, 1.165) is 19.3 Å². The van der Waals surface area contributed by atoms with Gasteiger partial charge in [-0.2, -0.15) is 0 Å². The van der Waals surface area contributed by atoms with Gasteiger partial charge in [-0.3, -0.25) is 0 Å². The van der Waals surface area contributed by atoms with Crippen molar-refractivity contribution >= 4 is 5.97 Å². The zero-order chi connectivity index (χ0) is 14.1. The van der Waals surface area contributed by atoms with E-state index in [0.29, 0.717) is 5.56 Å². The van der Waals surface area contributed by atoms with Crippen LogP contribution in [0.5, 0.6) is 0 Å². The predicted octanol–water partition coefficient (Wildman–Crippen LogP) is 3.94. The van der Waals surface area contributed by atoms with Crippen molar-refractivity contribution in [2.24, 2.45) is 0 Å². The Morgan fingerprint density at radius 3 is 2.60 bits per heavy atom. The average molecular weight is 266 g/mol. The van der Waals surface area contributed by atoms with Gasteiger partial charge in [-0.05, 0) is 60.6 Å². The number of methoxy groups -OCH3 is 1. The second-order valence-electron chi connectivity index (χ2n) is 5.38. The fraction of sp³-hybridized carbons (Fsp3) is 0.278. The molecule has 2 aromatic rings. The molecule has 0 atom stereocenters. The number of ether oxygens (including phenoxy) is 1. The Morgan fingerprint density at radius 1 is 1.00 bits per heavy atom. The number of aryl methyl sites for hydroxylation is 3. The number of esters is 1. The van der Waals surface area contributed by atoms with Gasteiger partial charge in [0, 0.05) is 0 Å². The Kier molecular flexibility index (Phi) is 3.31. The first-order valence-electron chi connectivity index (χ1n) is 7.00. The highest BCUT2D eigenvalue weighted by atomic mass is 16.5. The molecule has 0 aromatic heterocycles. The standard InChI is InChI=1S/C18H18O2/c1-12-6-9-16-14(10-12)5-3-4-13-7-8-15(11-17(13)16)18(19)20-2/h6-11H,3-5H2,1-2H3. The van der Waals surface area contributed by atoms with Gasteiger partial charge >= 0.3 is 5.97 Å². The van der Waals surface area contributed by atoms with Crippen LogP contribution >= 0.6 is 0 Å². The molecule has 0 unspecified atom stereocenters. The fourth-order valence-corrected chi connectivity index (χ4v) is 2.95. The Hall–Kier alpha value is -2.09. The lowest BCUT2D eigenvalue weighted by molar-refractivity contribution is 0.0601. The maximum absolute atomic E-state index is 11.7. The molecule has 0 N–H and O–H groups in total. The predicted molar refractivity (Wildman–Crippen MR) is 80.0 cm³/mol. The van der Waals surface area contributed by atoms with E-state index >= 15 is 0 Å². The average Bonchev–Trinajstić information content (AvgIpc) is 2.64. The third-order valence-electron chi connectivity index (χ3n) is 3.97. The van der Waals surface area contributed by atoms with Crippen LogP contribution in [0.2, 0.25) is 0 Å². The fourth-order valence-electron chi connectivity index (χ4n) is 2.95. The molecule has 0 saturated heterocycles. The monoisotopic (exact) mass is 266 g/mol. The highest BCUT2D eigenvalue weighted by Gasteiger charge is 2.16. The lowest BCUT2D eigenvalue weighted by Gasteiger charge is -2.11. The number of fused-ring (bicyclic) bond motifs is 3. The van der Waals surface area contributed by atoms with Crippen LogP contribution in [0, 0.1) is 6.92 Å². The van der Waals surface area contributed by atoms with Crippen molar-refractivity contribution in [1.82, 2.24) is 0 Å². The molecule has 0 saturated carbocycles. The van der Waals surface area contributed by atoms with E-state index in [1.165, 1.54) is 34.9 Å². The van der Waals surface area contributed by atoms with Crippen LogP contribution in [-0.2, 0) is 17.6 Å². The normalized spacial score (nSPS) is 13.1. The lowest BCUT2D eigenvalue weighted by Crippen LogP contribution is -2.02. The molecule has 2 nitrogen and oxygen atoms in total. The van der Waals surface area contributed by atoms with Crippen LogP contribution in [0.15, 0.2) is 36.4 Å². The maximum atomic E-state index is 11.7. The van der Waals surface area contributed by atoms with Crippen LogP contribution in [0.1, 0.15) is 33.5 Å². The molecule has 0 amide bonds. The molecular formula is C18H18O2. The maximum Gasteiger partial charge on any atom is 0.337 e. The Balaban J connectivity index is 2.18. The van der Waals surface area contributed by atoms with Gasteiger partial charge in [0.2, 0.25) is 0 Å². The van der Waals surface area contributed by atoms with Gasteiger partial charge in [0.1, 0.15) is 0 Å². The quantitative estimate of drug-likeness (QED) is 0.731. The van der Waals surface area contributed by atoms with E-state index in [-0.39, 0.29) is 5.97 Å². The molecule has 0 heterocycles. The van der Waals surface area contributed by atoms with Gasteiger partial charge in [0.15, 0.2) is 0 Å². The van der Waals surface area contributed by atoms with E-state index in [9.17, 15) is 4.79 Å². The van der Waals surface area contributed by atoms with Crippen molar-refractivity contribution in [3.8, 4) is 11.1 Å². The van der Waals surface area contributed by atoms with E-state index in [4.69, 9.17) is 4.74 Å². The summed E-state index contributed by atoms with van der Waals surface area (Å²) in [4.78, 5) is 11.7. The zero-order valence-corrected chi connectivity index (χ0v) is 11.9. The van der Waals surface area contributed by atoms with Crippen molar-refractivity contribution < 1.29 is 9.53 Å². The first kappa shape index (κ1) is 12.9. The topological polar surface area (TPSA) is 26.3 Å². The number of hydrogen-bond acceptors (Lipinski definition) is 2. The van der Waals surface area contributed by atoms with Crippen LogP contribution in [-0.4, -0.2) is 13.1 Å². The number of benzene rings is 2. The van der Waals surface area contributed by atoms with Crippen molar-refractivity contribution in [2.45, 2.75) is 26.2 Å². The molecule has 0 aliphatic heterocycles. The van der Waals surface area contributed by atoms with E-state index in [2.05, 4.69) is 31.2 Å². The molecule has 2 heteroatoms. The summed E-state index contributed by atoms with van der Waals surface area (Å²) < 4.78 is 4.83. The first-order valence-corrected chi connectivity index (χ1v) is 7.00. The number of carbonyl (C=O) groups excluding carboxylic acids is 1. The molecule has 2 aromatic carbocycles. The summed E-state index contributed by atoms with van der Waals surface area (Å²) in [6.45, 7) is 2.12. The summed E-state index contributed by atoms with van der Waals surface area (Å²) in [5.74, 6) is -0.272. The van der Waals surface area contributed by atoms with Crippen LogP contribution in [0.25, 0.3) is 11.1 Å². The number of carbonyl (C=O) groups is 1. The minimum absolute atomic E-state index is 0.272. The molecule has 3 rings (SSSR count). The van der Waals surface area contributed by atoms with Crippen molar-refractivity contribution in [3.63, 3.8) is 0 Å². The van der Waals surface area contributed by atoms with E-state index in [1.807, 2.05) is 12.1 Å². The summed E-state index contributed by atoms with van der Waals surface area (Å²) in [5, 5.41) is 0. The summed E-state index contributed by atoms with van der Waals surface area (Å²) in [6, 6.07) is 12.5. The summed E-state index contributed by atoms with van der Waals surface area (Å²) in [5.41, 5.74) is 7.05. The Morgan fingerprint density at radius 2 is 1.80 bits per heavy atom. The molecule has 1 aliphatic carbocycles. The van der Waals surface area contributed by atoms with Gasteiger partial charge < -0.3 is 4.74 Å². The van der Waals surface area contributed by atoms with Gasteiger partial charge in [-0.1, -0.05) is 29.8 Å². The smallest absolute Gasteiger partial charge is 0.337 e. The lowest BCUT2D eigenvalue weighted by atomic mass is 9.94. The second-order valence-corrected chi connectivity index (χ2v) is 5.38. The minimum Gasteiger partial charge on any atom is -0.465 e. The van der Waals surface area contributed by atoms with Gasteiger partial charge in [0.25, 0.3) is 0 Å². The minimum atomic E-state index is -0.272. The zero-order valence-electron chi connectivity index (χ0n) is 11.9. The van der Waals surface area contributed by atoms with E-state index in [1.54, 1.807) is 0 Å². The second kappa shape index (κ2) is 5.12. The molecule has 20 heavy (non-hydrogen) atoms. The molecule has 0 fully saturated rings. The molecular weight excluding hydrogens is 248 g/mol. The third kappa shape index (κ3) is 2.22. The Bertz CT molecular complexity index is 671. The number of hydrogen-bond donors (Lipinski definition) is 0. The van der Waals surface area contributed by atoms with Gasteiger partial charge in [-0.25, -0.2) is 4.79 Å². The van der Waals surface area contributed by atoms with Crippen LogP contribution in [0.3, 0.4) is 0 Å². The van der Waals surface area contributed by atoms with Crippen molar-refractivity contribution in [2.75, 3.05) is 7.11 Å². The largest absolute Gasteiger partial charge is 0.465 e. The number of rotatable bonds is 1. The molecule has 0 radical (unpaired) electrons. The molecule has 0 spiro atoms. The van der Waals surface area contributed by atoms with Gasteiger partial charge in [-0.15, -0.1) is 0 Å². The van der Waals surface area contributed by atoms with Crippen molar-refractivity contribution in [3.05, 3.63) is 58.7 Å². The van der Waals surface area contributed by atoms with E-state index < -0.39 is 0 Å². The Labute approximate surface area is 119 Å².